The minimum absolute atomic E-state index is 0.0361. The molecule has 0 atom stereocenters. The van der Waals surface area contributed by atoms with Crippen LogP contribution in [-0.4, -0.2) is 17.6 Å². The van der Waals surface area contributed by atoms with Crippen molar-refractivity contribution in [2.24, 2.45) is 0 Å². The highest BCUT2D eigenvalue weighted by atomic mass is 35.5. The van der Waals surface area contributed by atoms with Crippen LogP contribution in [0.2, 0.25) is 10.2 Å². The van der Waals surface area contributed by atoms with Gasteiger partial charge in [-0.05, 0) is 30.3 Å². The molecule has 0 spiro atoms. The normalized spacial score (nSPS) is 10.6. The molecule has 0 fully saturated rings. The van der Waals surface area contributed by atoms with Gasteiger partial charge in [-0.1, -0.05) is 47.5 Å². The maximum absolute atomic E-state index is 11.8. The smallest absolute Gasteiger partial charge is 0.344 e. The number of para-hydroxylation sites is 1. The Hall–Kier alpha value is -2.30. The maximum atomic E-state index is 11.8. The van der Waals surface area contributed by atoms with E-state index in [0.29, 0.717) is 21.5 Å². The van der Waals surface area contributed by atoms with Gasteiger partial charge in [0.2, 0.25) is 0 Å². The van der Waals surface area contributed by atoms with Crippen LogP contribution in [-0.2, 0) is 16.1 Å². The lowest BCUT2D eigenvalue weighted by molar-refractivity contribution is -0.147. The molecule has 122 valence electrons. The molecule has 0 aliphatic rings. The Kier molecular flexibility index (Phi) is 5.18. The standard InChI is InChI=1S/C18H13Cl2NO3/c19-14-5-3-6-15(9-14)23-11-17(22)24-10-13-8-12-4-1-2-7-16(12)21-18(13)20/h1-9H,10-11H2. The van der Waals surface area contributed by atoms with E-state index >= 15 is 0 Å². The molecule has 3 rings (SSSR count). The Balaban J connectivity index is 1.59. The molecular weight excluding hydrogens is 349 g/mol. The van der Waals surface area contributed by atoms with Crippen LogP contribution in [0.25, 0.3) is 10.9 Å². The number of halogens is 2. The fourth-order valence-corrected chi connectivity index (χ4v) is 2.52. The van der Waals surface area contributed by atoms with Crippen molar-refractivity contribution in [2.45, 2.75) is 6.61 Å². The van der Waals surface area contributed by atoms with E-state index < -0.39 is 5.97 Å². The Labute approximate surface area is 148 Å². The van der Waals surface area contributed by atoms with Crippen molar-refractivity contribution < 1.29 is 14.3 Å². The summed E-state index contributed by atoms with van der Waals surface area (Å²) in [6, 6.07) is 16.2. The van der Waals surface area contributed by atoms with Crippen LogP contribution < -0.4 is 4.74 Å². The van der Waals surface area contributed by atoms with Gasteiger partial charge in [0.25, 0.3) is 0 Å². The van der Waals surface area contributed by atoms with Gasteiger partial charge in [-0.2, -0.15) is 0 Å². The van der Waals surface area contributed by atoms with Gasteiger partial charge in [-0.25, -0.2) is 9.78 Å². The molecule has 0 radical (unpaired) electrons. The summed E-state index contributed by atoms with van der Waals surface area (Å²) in [5.41, 5.74) is 1.44. The van der Waals surface area contributed by atoms with E-state index in [-0.39, 0.29) is 13.2 Å². The van der Waals surface area contributed by atoms with Crippen LogP contribution in [0.15, 0.2) is 54.6 Å². The van der Waals surface area contributed by atoms with Crippen LogP contribution in [0.4, 0.5) is 0 Å². The summed E-state index contributed by atoms with van der Waals surface area (Å²) in [6.07, 6.45) is 0. The maximum Gasteiger partial charge on any atom is 0.344 e. The second-order valence-corrected chi connectivity index (χ2v) is 5.83. The molecule has 0 aliphatic heterocycles. The third-order valence-electron chi connectivity index (χ3n) is 3.29. The number of aromatic nitrogens is 1. The molecule has 0 aliphatic carbocycles. The van der Waals surface area contributed by atoms with E-state index in [9.17, 15) is 4.79 Å². The molecule has 0 amide bonds. The summed E-state index contributed by atoms with van der Waals surface area (Å²) in [5, 5.41) is 1.79. The van der Waals surface area contributed by atoms with Crippen LogP contribution in [0.1, 0.15) is 5.56 Å². The molecule has 4 nitrogen and oxygen atoms in total. The predicted octanol–water partition coefficient (Wildman–Crippen LogP) is 4.66. The largest absolute Gasteiger partial charge is 0.482 e. The number of pyridine rings is 1. The molecule has 0 N–H and O–H groups in total. The Bertz CT molecular complexity index is 883. The van der Waals surface area contributed by atoms with E-state index in [2.05, 4.69) is 4.98 Å². The summed E-state index contributed by atoms with van der Waals surface area (Å²) in [4.78, 5) is 16.1. The van der Waals surface area contributed by atoms with Crippen LogP contribution in [0.5, 0.6) is 5.75 Å². The Morgan fingerprint density at radius 2 is 1.88 bits per heavy atom. The van der Waals surface area contributed by atoms with Crippen molar-refractivity contribution >= 4 is 40.1 Å². The Morgan fingerprint density at radius 1 is 1.04 bits per heavy atom. The molecule has 24 heavy (non-hydrogen) atoms. The van der Waals surface area contributed by atoms with E-state index in [4.69, 9.17) is 32.7 Å². The van der Waals surface area contributed by atoms with Gasteiger partial charge in [0.1, 0.15) is 17.5 Å². The quantitative estimate of drug-likeness (QED) is 0.489. The summed E-state index contributed by atoms with van der Waals surface area (Å²) < 4.78 is 10.5. The fraction of sp³-hybridized carbons (Fsp3) is 0.111. The molecule has 2 aromatic carbocycles. The molecule has 6 heteroatoms. The van der Waals surface area contributed by atoms with E-state index in [1.54, 1.807) is 24.3 Å². The van der Waals surface area contributed by atoms with E-state index in [0.717, 1.165) is 10.9 Å². The van der Waals surface area contributed by atoms with Gasteiger partial charge < -0.3 is 9.47 Å². The second kappa shape index (κ2) is 7.51. The van der Waals surface area contributed by atoms with Gasteiger partial charge in [0, 0.05) is 16.0 Å². The topological polar surface area (TPSA) is 48.4 Å². The minimum Gasteiger partial charge on any atom is -0.482 e. The lowest BCUT2D eigenvalue weighted by atomic mass is 10.2. The number of ether oxygens (including phenoxy) is 2. The third kappa shape index (κ3) is 4.16. The first kappa shape index (κ1) is 16.6. The van der Waals surface area contributed by atoms with Crippen LogP contribution in [0, 0.1) is 0 Å². The number of carbonyl (C=O) groups is 1. The molecule has 1 heterocycles. The highest BCUT2D eigenvalue weighted by molar-refractivity contribution is 6.31. The van der Waals surface area contributed by atoms with Gasteiger partial charge in [-0.3, -0.25) is 0 Å². The molecule has 0 saturated carbocycles. The van der Waals surface area contributed by atoms with Gasteiger partial charge in [0.05, 0.1) is 5.52 Å². The van der Waals surface area contributed by atoms with Gasteiger partial charge in [0.15, 0.2) is 6.61 Å². The molecular formula is C18H13Cl2NO3. The third-order valence-corrected chi connectivity index (χ3v) is 3.85. The van der Waals surface area contributed by atoms with Crippen molar-refractivity contribution in [3.8, 4) is 5.75 Å². The number of hydrogen-bond donors (Lipinski definition) is 0. The minimum atomic E-state index is -0.501. The van der Waals surface area contributed by atoms with Gasteiger partial charge in [-0.15, -0.1) is 0 Å². The van der Waals surface area contributed by atoms with Crippen molar-refractivity contribution in [1.29, 1.82) is 0 Å². The molecule has 0 unspecified atom stereocenters. The lowest BCUT2D eigenvalue weighted by Crippen LogP contribution is -2.15. The number of rotatable bonds is 5. The lowest BCUT2D eigenvalue weighted by Gasteiger charge is -2.09. The predicted molar refractivity (Wildman–Crippen MR) is 93.5 cm³/mol. The zero-order chi connectivity index (χ0) is 16.9. The van der Waals surface area contributed by atoms with Crippen molar-refractivity contribution in [3.05, 3.63) is 70.3 Å². The summed E-state index contributed by atoms with van der Waals surface area (Å²) >= 11 is 12.0. The number of benzene rings is 2. The van der Waals surface area contributed by atoms with Crippen molar-refractivity contribution in [2.75, 3.05) is 6.61 Å². The first-order valence-electron chi connectivity index (χ1n) is 7.20. The first-order valence-corrected chi connectivity index (χ1v) is 7.95. The SMILES string of the molecule is O=C(COc1cccc(Cl)c1)OCc1cc2ccccc2nc1Cl. The van der Waals surface area contributed by atoms with Gasteiger partial charge >= 0.3 is 5.97 Å². The van der Waals surface area contributed by atoms with Crippen molar-refractivity contribution in [3.63, 3.8) is 0 Å². The molecule has 0 saturated heterocycles. The fourth-order valence-electron chi connectivity index (χ4n) is 2.14. The number of esters is 1. The number of carbonyl (C=O) groups excluding carboxylic acids is 1. The van der Waals surface area contributed by atoms with Crippen LogP contribution in [0.3, 0.4) is 0 Å². The zero-order valence-electron chi connectivity index (χ0n) is 12.5. The number of hydrogen-bond acceptors (Lipinski definition) is 4. The van der Waals surface area contributed by atoms with E-state index in [1.165, 1.54) is 0 Å². The summed E-state index contributed by atoms with van der Waals surface area (Å²) in [5.74, 6) is 0.00375. The summed E-state index contributed by atoms with van der Waals surface area (Å²) in [7, 11) is 0. The molecule has 1 aromatic heterocycles. The highest BCUT2D eigenvalue weighted by Crippen LogP contribution is 2.21. The van der Waals surface area contributed by atoms with Crippen LogP contribution >= 0.6 is 23.2 Å². The highest BCUT2D eigenvalue weighted by Gasteiger charge is 2.09. The first-order chi connectivity index (χ1) is 11.6. The van der Waals surface area contributed by atoms with Crippen molar-refractivity contribution in [1.82, 2.24) is 4.98 Å². The molecule has 0 bridgehead atoms. The summed E-state index contributed by atoms with van der Waals surface area (Å²) in [6.45, 7) is -0.173. The monoisotopic (exact) mass is 361 g/mol. The average molecular weight is 362 g/mol. The second-order valence-electron chi connectivity index (χ2n) is 5.04. The number of nitrogens with zero attached hydrogens (tertiary/aromatic N) is 1. The zero-order valence-corrected chi connectivity index (χ0v) is 14.1. The molecule has 3 aromatic rings. The average Bonchev–Trinajstić information content (AvgIpc) is 2.58. The van der Waals surface area contributed by atoms with E-state index in [1.807, 2.05) is 30.3 Å². The number of fused-ring (bicyclic) bond motifs is 1. The Morgan fingerprint density at radius 3 is 2.71 bits per heavy atom.